The molecule has 5 heteroatoms. The molecule has 1 aliphatic heterocycles. The molecule has 1 amide bonds. The Morgan fingerprint density at radius 1 is 1.64 bits per heavy atom. The second-order valence-corrected chi connectivity index (χ2v) is 2.25. The number of carboxylic acids is 1. The summed E-state index contributed by atoms with van der Waals surface area (Å²) in [6, 6.07) is 0. The molecule has 0 fully saturated rings. The normalized spacial score (nSPS) is 18.1. The zero-order chi connectivity index (χ0) is 8.43. The van der Waals surface area contributed by atoms with Gasteiger partial charge in [0.2, 0.25) is 5.91 Å². The van der Waals surface area contributed by atoms with E-state index in [0.29, 0.717) is 0 Å². The Bertz CT molecular complexity index is 234. The fourth-order valence-electron chi connectivity index (χ4n) is 0.817. The number of carbonyl (C=O) groups excluding carboxylic acids is 2. The monoisotopic (exact) mass is 155 g/mol. The summed E-state index contributed by atoms with van der Waals surface area (Å²) in [7, 11) is 1.42. The van der Waals surface area contributed by atoms with Gasteiger partial charge in [-0.05, 0) is 0 Å². The number of amides is 1. The van der Waals surface area contributed by atoms with Gasteiger partial charge in [0.15, 0.2) is 0 Å². The van der Waals surface area contributed by atoms with Crippen molar-refractivity contribution in [3.8, 4) is 0 Å². The Labute approximate surface area is 63.3 Å². The highest BCUT2D eigenvalue weighted by Crippen LogP contribution is 2.05. The molecule has 0 aromatic rings. The third kappa shape index (κ3) is 1.54. The number of hydrogen-bond acceptors (Lipinski definition) is 4. The predicted molar refractivity (Wildman–Crippen MR) is 34.4 cm³/mol. The molecule has 0 saturated heterocycles. The molecule has 0 spiro atoms. The van der Waals surface area contributed by atoms with Crippen LogP contribution in [0, 0.1) is 0 Å². The molecule has 1 aliphatic rings. The Morgan fingerprint density at radius 3 is 2.73 bits per heavy atom. The van der Waals surface area contributed by atoms with Crippen LogP contribution in [0.1, 0.15) is 12.8 Å². The van der Waals surface area contributed by atoms with Gasteiger partial charge in [0.05, 0.1) is 11.7 Å². The number of hydrogen-bond donors (Lipinski definition) is 0. The Hall–Kier alpha value is -1.39. The molecule has 0 N–H and O–H groups in total. The van der Waals surface area contributed by atoms with E-state index < -0.39 is 5.97 Å². The van der Waals surface area contributed by atoms with Crippen molar-refractivity contribution in [3.05, 3.63) is 0 Å². The van der Waals surface area contributed by atoms with Gasteiger partial charge < -0.3 is 9.90 Å². The van der Waals surface area contributed by atoms with Crippen LogP contribution in [0.4, 0.5) is 0 Å². The Balaban J connectivity index is 2.79. The first kappa shape index (κ1) is 7.71. The summed E-state index contributed by atoms with van der Waals surface area (Å²) in [6.45, 7) is 0. The largest absolute Gasteiger partial charge is 0.543 e. The highest BCUT2D eigenvalue weighted by Gasteiger charge is 2.16. The zero-order valence-corrected chi connectivity index (χ0v) is 6.03. The lowest BCUT2D eigenvalue weighted by atomic mass is 10.2. The summed E-state index contributed by atoms with van der Waals surface area (Å²) in [6.07, 6.45) is 0.370. The summed E-state index contributed by atoms with van der Waals surface area (Å²) < 4.78 is 0. The second kappa shape index (κ2) is 2.69. The van der Waals surface area contributed by atoms with Crippen molar-refractivity contribution >= 4 is 17.6 Å². The minimum atomic E-state index is -1.30. The molecule has 60 valence electrons. The molecular weight excluding hydrogens is 148 g/mol. The molecule has 1 heterocycles. The summed E-state index contributed by atoms with van der Waals surface area (Å²) in [4.78, 5) is 21.0. The van der Waals surface area contributed by atoms with Gasteiger partial charge in [-0.3, -0.25) is 4.79 Å². The maximum absolute atomic E-state index is 10.8. The molecule has 0 radical (unpaired) electrons. The van der Waals surface area contributed by atoms with Crippen LogP contribution in [0.25, 0.3) is 0 Å². The molecule has 1 rings (SSSR count). The van der Waals surface area contributed by atoms with Crippen LogP contribution in [-0.4, -0.2) is 29.6 Å². The minimum absolute atomic E-state index is 0.0629. The van der Waals surface area contributed by atoms with Crippen molar-refractivity contribution < 1.29 is 14.7 Å². The van der Waals surface area contributed by atoms with Gasteiger partial charge in [0.1, 0.15) is 0 Å². The van der Waals surface area contributed by atoms with E-state index >= 15 is 0 Å². The van der Waals surface area contributed by atoms with E-state index in [1.54, 1.807) is 0 Å². The molecule has 11 heavy (non-hydrogen) atoms. The smallest absolute Gasteiger partial charge is 0.242 e. The lowest BCUT2D eigenvalue weighted by Gasteiger charge is -2.19. The summed E-state index contributed by atoms with van der Waals surface area (Å²) in [5, 5.41) is 14.8. The van der Waals surface area contributed by atoms with Crippen molar-refractivity contribution in [1.82, 2.24) is 5.01 Å². The van der Waals surface area contributed by atoms with E-state index in [-0.39, 0.29) is 24.5 Å². The van der Waals surface area contributed by atoms with Crippen LogP contribution >= 0.6 is 0 Å². The Kier molecular flexibility index (Phi) is 1.89. The van der Waals surface area contributed by atoms with Crippen molar-refractivity contribution in [2.24, 2.45) is 5.10 Å². The number of hydrazone groups is 1. The molecule has 0 aromatic heterocycles. The van der Waals surface area contributed by atoms with Crippen molar-refractivity contribution in [2.45, 2.75) is 12.8 Å². The highest BCUT2D eigenvalue weighted by atomic mass is 16.4. The first-order valence-corrected chi connectivity index (χ1v) is 3.16. The number of aliphatic carboxylic acids is 1. The number of nitrogens with zero attached hydrogens (tertiary/aromatic N) is 2. The van der Waals surface area contributed by atoms with Crippen LogP contribution in [-0.2, 0) is 9.59 Å². The Morgan fingerprint density at radius 2 is 2.27 bits per heavy atom. The fraction of sp³-hybridized carbons (Fsp3) is 0.500. The van der Waals surface area contributed by atoms with Gasteiger partial charge in [-0.1, -0.05) is 0 Å². The standard InChI is InChI=1S/C6H8N2O3/c1-8-5(9)3-2-4(7-8)6(10)11/h2-3H2,1H3,(H,10,11)/p-1. The highest BCUT2D eigenvalue weighted by molar-refractivity contribution is 6.35. The predicted octanol–water partition coefficient (Wildman–Crippen LogP) is -1.66. The number of rotatable bonds is 1. The minimum Gasteiger partial charge on any atom is -0.543 e. The lowest BCUT2D eigenvalue weighted by Crippen LogP contribution is -2.38. The van der Waals surface area contributed by atoms with Crippen molar-refractivity contribution in [1.29, 1.82) is 0 Å². The molecule has 0 bridgehead atoms. The van der Waals surface area contributed by atoms with E-state index in [9.17, 15) is 14.7 Å². The molecule has 0 aliphatic carbocycles. The van der Waals surface area contributed by atoms with E-state index in [1.807, 2.05) is 0 Å². The van der Waals surface area contributed by atoms with Gasteiger partial charge in [-0.25, -0.2) is 5.01 Å². The quantitative estimate of drug-likeness (QED) is 0.455. The molecule has 0 unspecified atom stereocenters. The van der Waals surface area contributed by atoms with Crippen LogP contribution in [0.15, 0.2) is 5.10 Å². The third-order valence-corrected chi connectivity index (χ3v) is 1.44. The van der Waals surface area contributed by atoms with E-state index in [2.05, 4.69) is 5.10 Å². The fourth-order valence-corrected chi connectivity index (χ4v) is 0.817. The molecule has 5 nitrogen and oxygen atoms in total. The maximum Gasteiger partial charge on any atom is 0.242 e. The average molecular weight is 155 g/mol. The SMILES string of the molecule is CN1N=C(C(=O)[O-])CCC1=O. The molecule has 0 atom stereocenters. The topological polar surface area (TPSA) is 72.8 Å². The van der Waals surface area contributed by atoms with Gasteiger partial charge >= 0.3 is 0 Å². The van der Waals surface area contributed by atoms with Crippen molar-refractivity contribution in [3.63, 3.8) is 0 Å². The van der Waals surface area contributed by atoms with Gasteiger partial charge in [0, 0.05) is 19.9 Å². The van der Waals surface area contributed by atoms with Gasteiger partial charge in [-0.15, -0.1) is 0 Å². The first-order chi connectivity index (χ1) is 5.11. The molecular formula is C6H7N2O3-. The lowest BCUT2D eigenvalue weighted by molar-refractivity contribution is -0.294. The average Bonchev–Trinajstić information content (AvgIpc) is 1.94. The van der Waals surface area contributed by atoms with E-state index in [1.165, 1.54) is 7.05 Å². The summed E-state index contributed by atoms with van der Waals surface area (Å²) in [5.41, 5.74) is -0.0629. The van der Waals surface area contributed by atoms with Crippen LogP contribution in [0.2, 0.25) is 0 Å². The van der Waals surface area contributed by atoms with Crippen molar-refractivity contribution in [2.75, 3.05) is 7.05 Å². The number of carboxylic acid groups (broad SMARTS) is 1. The van der Waals surface area contributed by atoms with E-state index in [4.69, 9.17) is 0 Å². The summed E-state index contributed by atoms with van der Waals surface area (Å²) in [5.74, 6) is -1.47. The molecule has 0 aromatic carbocycles. The maximum atomic E-state index is 10.8. The van der Waals surface area contributed by atoms with Gasteiger partial charge in [-0.2, -0.15) is 5.10 Å². The van der Waals surface area contributed by atoms with Crippen LogP contribution in [0.3, 0.4) is 0 Å². The number of carbonyl (C=O) groups is 2. The van der Waals surface area contributed by atoms with Crippen LogP contribution < -0.4 is 5.11 Å². The molecule has 0 saturated carbocycles. The van der Waals surface area contributed by atoms with Crippen LogP contribution in [0.5, 0.6) is 0 Å². The second-order valence-electron chi connectivity index (χ2n) is 2.25. The first-order valence-electron chi connectivity index (χ1n) is 3.16. The zero-order valence-electron chi connectivity index (χ0n) is 6.03. The van der Waals surface area contributed by atoms with E-state index in [0.717, 1.165) is 5.01 Å². The van der Waals surface area contributed by atoms with Gasteiger partial charge in [0.25, 0.3) is 0 Å². The third-order valence-electron chi connectivity index (χ3n) is 1.44. The summed E-state index contributed by atoms with van der Waals surface area (Å²) >= 11 is 0.